The van der Waals surface area contributed by atoms with Gasteiger partial charge in [0.05, 0.1) is 17.4 Å². The minimum atomic E-state index is -0.591. The molecule has 0 bridgehead atoms. The van der Waals surface area contributed by atoms with Gasteiger partial charge >= 0.3 is 6.09 Å². The molecule has 1 aromatic heterocycles. The van der Waals surface area contributed by atoms with Gasteiger partial charge in [-0.2, -0.15) is 0 Å². The first kappa shape index (κ1) is 22.7. The largest absolute Gasteiger partial charge is 0.444 e. The molecule has 180 valence electrons. The number of amides is 2. The number of hydrogen-bond donors (Lipinski definition) is 0. The van der Waals surface area contributed by atoms with Crippen LogP contribution in [-0.2, 0) is 22.5 Å². The third kappa shape index (κ3) is 4.12. The molecule has 1 unspecified atom stereocenters. The minimum absolute atomic E-state index is 0.127. The van der Waals surface area contributed by atoms with Gasteiger partial charge in [-0.3, -0.25) is 9.69 Å². The van der Waals surface area contributed by atoms with Crippen LogP contribution in [0.1, 0.15) is 68.9 Å². The molecule has 0 saturated heterocycles. The van der Waals surface area contributed by atoms with Gasteiger partial charge in [0.25, 0.3) is 0 Å². The zero-order valence-corrected chi connectivity index (χ0v) is 20.4. The van der Waals surface area contributed by atoms with Crippen LogP contribution in [-0.4, -0.2) is 56.6 Å². The third-order valence-electron chi connectivity index (χ3n) is 7.21. The molecule has 3 heterocycles. The monoisotopic (exact) mass is 462 g/mol. The summed E-state index contributed by atoms with van der Waals surface area (Å²) >= 11 is 0. The van der Waals surface area contributed by atoms with Gasteiger partial charge in [0.1, 0.15) is 11.4 Å². The van der Waals surface area contributed by atoms with E-state index in [0.717, 1.165) is 22.8 Å². The van der Waals surface area contributed by atoms with Crippen LogP contribution in [0.25, 0.3) is 11.4 Å². The lowest BCUT2D eigenvalue weighted by Gasteiger charge is -2.39. The Kier molecular flexibility index (Phi) is 5.74. The second-order valence-electron chi connectivity index (χ2n) is 10.6. The third-order valence-corrected chi connectivity index (χ3v) is 7.21. The first-order valence-corrected chi connectivity index (χ1v) is 12.4. The summed E-state index contributed by atoms with van der Waals surface area (Å²) in [5, 5.41) is 0. The summed E-state index contributed by atoms with van der Waals surface area (Å²) in [6.07, 6.45) is 5.52. The van der Waals surface area contributed by atoms with Crippen molar-refractivity contribution in [3.63, 3.8) is 0 Å². The molecule has 34 heavy (non-hydrogen) atoms. The van der Waals surface area contributed by atoms with Gasteiger partial charge in [0, 0.05) is 38.2 Å². The molecular weight excluding hydrogens is 428 g/mol. The fraction of sp³-hybridized carbons (Fsp3) is 0.519. The lowest BCUT2D eigenvalue weighted by Crippen LogP contribution is -2.48. The van der Waals surface area contributed by atoms with Gasteiger partial charge in [-0.15, -0.1) is 0 Å². The number of aromatic nitrogens is 2. The molecule has 1 aromatic carbocycles. The van der Waals surface area contributed by atoms with Crippen LogP contribution in [0.15, 0.2) is 36.9 Å². The number of ether oxygens (including phenoxy) is 1. The van der Waals surface area contributed by atoms with Crippen molar-refractivity contribution in [3.8, 4) is 11.4 Å². The van der Waals surface area contributed by atoms with Gasteiger partial charge < -0.3 is 14.2 Å². The van der Waals surface area contributed by atoms with Gasteiger partial charge in [0.15, 0.2) is 0 Å². The summed E-state index contributed by atoms with van der Waals surface area (Å²) in [7, 11) is 0. The highest BCUT2D eigenvalue weighted by Crippen LogP contribution is 2.39. The molecule has 0 spiro atoms. The highest BCUT2D eigenvalue weighted by molar-refractivity contribution is 5.87. The van der Waals surface area contributed by atoms with Gasteiger partial charge in [-0.05, 0) is 51.2 Å². The number of carbonyl (C=O) groups is 2. The van der Waals surface area contributed by atoms with E-state index in [1.165, 1.54) is 30.9 Å². The number of rotatable bonds is 3. The Hall–Kier alpha value is -3.09. The lowest BCUT2D eigenvalue weighted by atomic mass is 9.80. The summed E-state index contributed by atoms with van der Waals surface area (Å²) < 4.78 is 7.98. The average Bonchev–Trinajstić information content (AvgIpc) is 3.01. The maximum Gasteiger partial charge on any atom is 0.410 e. The highest BCUT2D eigenvalue weighted by Gasteiger charge is 2.40. The maximum absolute atomic E-state index is 13.1. The minimum Gasteiger partial charge on any atom is -0.444 e. The van der Waals surface area contributed by atoms with Crippen molar-refractivity contribution in [3.05, 3.63) is 53.9 Å². The quantitative estimate of drug-likeness (QED) is 0.621. The lowest BCUT2D eigenvalue weighted by molar-refractivity contribution is -0.126. The molecule has 2 aliphatic heterocycles. The van der Waals surface area contributed by atoms with Crippen molar-refractivity contribution in [1.82, 2.24) is 19.4 Å². The van der Waals surface area contributed by atoms with Crippen LogP contribution in [0.5, 0.6) is 0 Å². The predicted octanol–water partition coefficient (Wildman–Crippen LogP) is 4.68. The molecule has 1 aliphatic carbocycles. The zero-order chi connectivity index (χ0) is 24.0. The molecule has 1 saturated carbocycles. The molecule has 1 atom stereocenters. The first-order valence-electron chi connectivity index (χ1n) is 12.4. The number of nitrogens with zero attached hydrogens (tertiary/aromatic N) is 4. The fourth-order valence-corrected chi connectivity index (χ4v) is 5.27. The van der Waals surface area contributed by atoms with Crippen LogP contribution in [0.2, 0.25) is 0 Å². The molecule has 0 N–H and O–H groups in total. The van der Waals surface area contributed by atoms with E-state index in [1.807, 2.05) is 20.8 Å². The Balaban J connectivity index is 1.52. The Morgan fingerprint density at radius 3 is 2.47 bits per heavy atom. The first-order chi connectivity index (χ1) is 16.2. The zero-order valence-electron chi connectivity index (χ0n) is 20.4. The van der Waals surface area contributed by atoms with Crippen molar-refractivity contribution in [2.24, 2.45) is 0 Å². The summed E-state index contributed by atoms with van der Waals surface area (Å²) in [5.41, 5.74) is 3.89. The summed E-state index contributed by atoms with van der Waals surface area (Å²) in [6, 6.07) is 8.54. The summed E-state index contributed by atoms with van der Waals surface area (Å²) in [5.74, 6) is 1.52. The van der Waals surface area contributed by atoms with E-state index in [4.69, 9.17) is 9.72 Å². The van der Waals surface area contributed by atoms with E-state index >= 15 is 0 Å². The Labute approximate surface area is 201 Å². The fourth-order valence-electron chi connectivity index (χ4n) is 5.27. The van der Waals surface area contributed by atoms with Gasteiger partial charge in [0.2, 0.25) is 5.91 Å². The smallest absolute Gasteiger partial charge is 0.410 e. The topological polar surface area (TPSA) is 67.7 Å². The Morgan fingerprint density at radius 1 is 1.12 bits per heavy atom. The van der Waals surface area contributed by atoms with E-state index in [-0.39, 0.29) is 18.0 Å². The van der Waals surface area contributed by atoms with Crippen molar-refractivity contribution in [1.29, 1.82) is 0 Å². The Morgan fingerprint density at radius 2 is 1.85 bits per heavy atom. The predicted molar refractivity (Wildman–Crippen MR) is 130 cm³/mol. The van der Waals surface area contributed by atoms with E-state index < -0.39 is 5.60 Å². The number of hydrogen-bond acceptors (Lipinski definition) is 4. The Bertz CT molecular complexity index is 1110. The molecule has 7 nitrogen and oxygen atoms in total. The number of imidazole rings is 1. The second-order valence-corrected chi connectivity index (χ2v) is 10.6. The maximum atomic E-state index is 13.1. The van der Waals surface area contributed by atoms with Crippen molar-refractivity contribution in [2.75, 3.05) is 19.6 Å². The van der Waals surface area contributed by atoms with E-state index in [0.29, 0.717) is 38.5 Å². The normalized spacial score (nSPS) is 20.3. The van der Waals surface area contributed by atoms with Crippen LogP contribution in [0, 0.1) is 0 Å². The van der Waals surface area contributed by atoms with Gasteiger partial charge in [-0.1, -0.05) is 37.3 Å². The molecule has 0 radical (unpaired) electrons. The van der Waals surface area contributed by atoms with Crippen LogP contribution < -0.4 is 0 Å². The van der Waals surface area contributed by atoms with Gasteiger partial charge in [-0.25, -0.2) is 9.78 Å². The van der Waals surface area contributed by atoms with E-state index in [1.54, 1.807) is 9.80 Å². The molecule has 2 aromatic rings. The van der Waals surface area contributed by atoms with Crippen LogP contribution >= 0.6 is 0 Å². The summed E-state index contributed by atoms with van der Waals surface area (Å²) in [4.78, 5) is 34.3. The van der Waals surface area contributed by atoms with Crippen LogP contribution in [0.3, 0.4) is 0 Å². The standard InChI is InChI=1S/C27H34N4O3/c1-5-23(32)29-14-13-21-24-22(17-29)30(26(33)34-27(2,3)4)15-16-31(24)25(28-21)20-11-9-19(10-12-20)18-7-6-8-18/h5,9-12,18,22H,1,6-8,13-17H2,2-4H3. The molecular formula is C27H34N4O3. The SMILES string of the molecule is C=CC(=O)N1CCc2nc(-c3ccc(C4CCC4)cc3)n3c2C(C1)N(C(=O)OC(C)(C)C)CC3. The number of benzene rings is 1. The van der Waals surface area contributed by atoms with E-state index in [9.17, 15) is 9.59 Å². The second kappa shape index (κ2) is 8.60. The molecule has 7 heteroatoms. The summed E-state index contributed by atoms with van der Waals surface area (Å²) in [6.45, 7) is 11.4. The van der Waals surface area contributed by atoms with Crippen molar-refractivity contribution in [2.45, 2.75) is 70.6 Å². The van der Waals surface area contributed by atoms with Crippen molar-refractivity contribution >= 4 is 12.0 Å². The van der Waals surface area contributed by atoms with Crippen molar-refractivity contribution < 1.29 is 14.3 Å². The molecule has 1 fully saturated rings. The highest BCUT2D eigenvalue weighted by atomic mass is 16.6. The molecule has 5 rings (SSSR count). The van der Waals surface area contributed by atoms with E-state index in [2.05, 4.69) is 35.4 Å². The average molecular weight is 463 g/mol. The number of carbonyl (C=O) groups excluding carboxylic acids is 2. The molecule has 3 aliphatic rings. The molecule has 2 amide bonds. The van der Waals surface area contributed by atoms with Crippen LogP contribution in [0.4, 0.5) is 4.79 Å².